The van der Waals surface area contributed by atoms with Gasteiger partial charge >= 0.3 is 0 Å². The third-order valence-corrected chi connectivity index (χ3v) is 4.42. The lowest BCUT2D eigenvalue weighted by atomic mass is 10.2. The molecule has 1 unspecified atom stereocenters. The highest BCUT2D eigenvalue weighted by Crippen LogP contribution is 2.23. The molecule has 1 N–H and O–H groups in total. The van der Waals surface area contributed by atoms with Crippen molar-refractivity contribution < 1.29 is 9.63 Å². The van der Waals surface area contributed by atoms with Gasteiger partial charge in [0.25, 0.3) is 0 Å². The first kappa shape index (κ1) is 16.1. The highest BCUT2D eigenvalue weighted by atomic mass is 16.5. The topological polar surface area (TPSA) is 65.6 Å². The lowest BCUT2D eigenvalue weighted by molar-refractivity contribution is 0.0844. The van der Waals surface area contributed by atoms with Gasteiger partial charge in [-0.1, -0.05) is 35.5 Å². The molecule has 1 aromatic carbocycles. The molecule has 3 rings (SSSR count). The van der Waals surface area contributed by atoms with Crippen LogP contribution in [0.3, 0.4) is 0 Å². The zero-order valence-corrected chi connectivity index (χ0v) is 13.6. The van der Waals surface area contributed by atoms with E-state index in [1.807, 2.05) is 30.3 Å². The monoisotopic (exact) mass is 316 g/mol. The average molecular weight is 316 g/mol. The fourth-order valence-corrected chi connectivity index (χ4v) is 2.93. The average Bonchev–Trinajstić information content (AvgIpc) is 3.11. The number of benzene rings is 1. The van der Waals surface area contributed by atoms with Crippen molar-refractivity contribution >= 4 is 0 Å². The minimum atomic E-state index is 0.125. The van der Waals surface area contributed by atoms with Crippen LogP contribution in [0.15, 0.2) is 34.9 Å². The van der Waals surface area contributed by atoms with Gasteiger partial charge in [-0.25, -0.2) is 0 Å². The van der Waals surface area contributed by atoms with Gasteiger partial charge in [0.15, 0.2) is 0 Å². The van der Waals surface area contributed by atoms with E-state index in [1.165, 1.54) is 0 Å². The van der Waals surface area contributed by atoms with Gasteiger partial charge < -0.3 is 14.5 Å². The predicted molar refractivity (Wildman–Crippen MR) is 87.9 cm³/mol. The molecule has 1 atom stereocenters. The van der Waals surface area contributed by atoms with Gasteiger partial charge in [0.2, 0.25) is 11.7 Å². The van der Waals surface area contributed by atoms with Crippen LogP contribution in [-0.2, 0) is 0 Å². The van der Waals surface area contributed by atoms with E-state index < -0.39 is 0 Å². The summed E-state index contributed by atoms with van der Waals surface area (Å²) in [4.78, 5) is 9.32. The van der Waals surface area contributed by atoms with Crippen molar-refractivity contribution in [2.75, 3.05) is 39.3 Å². The number of aliphatic hydroxyl groups is 1. The maximum absolute atomic E-state index is 8.92. The molecule has 23 heavy (non-hydrogen) atoms. The first-order chi connectivity index (χ1) is 11.3. The number of nitrogens with zero attached hydrogens (tertiary/aromatic N) is 4. The molecule has 1 aliphatic rings. The summed E-state index contributed by atoms with van der Waals surface area (Å²) >= 11 is 0. The van der Waals surface area contributed by atoms with Crippen molar-refractivity contribution in [3.63, 3.8) is 0 Å². The van der Waals surface area contributed by atoms with Crippen LogP contribution < -0.4 is 0 Å². The Morgan fingerprint density at radius 3 is 2.61 bits per heavy atom. The molecule has 1 saturated heterocycles. The van der Waals surface area contributed by atoms with E-state index in [0.29, 0.717) is 11.7 Å². The first-order valence-electron chi connectivity index (χ1n) is 8.24. The summed E-state index contributed by atoms with van der Waals surface area (Å²) in [5.41, 5.74) is 0.975. The zero-order chi connectivity index (χ0) is 16.1. The third kappa shape index (κ3) is 3.96. The van der Waals surface area contributed by atoms with Crippen molar-refractivity contribution in [3.05, 3.63) is 36.2 Å². The maximum Gasteiger partial charge on any atom is 0.244 e. The smallest absolute Gasteiger partial charge is 0.244 e. The van der Waals surface area contributed by atoms with Crippen LogP contribution in [0.5, 0.6) is 0 Å². The number of hydrogen-bond donors (Lipinski definition) is 1. The van der Waals surface area contributed by atoms with Crippen LogP contribution in [0.2, 0.25) is 0 Å². The lowest BCUT2D eigenvalue weighted by Gasteiger charge is -2.36. The Bertz CT molecular complexity index is 594. The van der Waals surface area contributed by atoms with Gasteiger partial charge in [-0.15, -0.1) is 0 Å². The Morgan fingerprint density at radius 2 is 1.91 bits per heavy atom. The molecule has 2 aromatic rings. The summed E-state index contributed by atoms with van der Waals surface area (Å²) in [6.45, 7) is 7.35. The molecule has 1 aromatic heterocycles. The van der Waals surface area contributed by atoms with Crippen LogP contribution in [0, 0.1) is 0 Å². The molecule has 124 valence electrons. The summed E-state index contributed by atoms with van der Waals surface area (Å²) in [5, 5.41) is 13.0. The molecule has 0 amide bonds. The lowest BCUT2D eigenvalue weighted by Crippen LogP contribution is -2.47. The molecule has 1 aliphatic heterocycles. The van der Waals surface area contributed by atoms with Crippen molar-refractivity contribution in [2.24, 2.45) is 0 Å². The Hall–Kier alpha value is -1.76. The number of aromatic nitrogens is 2. The second kappa shape index (κ2) is 7.68. The zero-order valence-electron chi connectivity index (χ0n) is 13.6. The van der Waals surface area contributed by atoms with E-state index in [4.69, 9.17) is 9.63 Å². The standard InChI is InChI=1S/C17H24N4O2/c1-14(21-11-9-20(10-12-21)8-5-13-22)17-18-16(19-23-17)15-6-3-2-4-7-15/h2-4,6-7,14,22H,5,8-13H2,1H3. The van der Waals surface area contributed by atoms with Crippen LogP contribution in [0.4, 0.5) is 0 Å². The second-order valence-electron chi connectivity index (χ2n) is 5.95. The molecule has 1 fully saturated rings. The molecule has 0 aliphatic carbocycles. The summed E-state index contributed by atoms with van der Waals surface area (Å²) in [5.74, 6) is 1.32. The Morgan fingerprint density at radius 1 is 1.17 bits per heavy atom. The van der Waals surface area contributed by atoms with E-state index in [2.05, 4.69) is 26.9 Å². The van der Waals surface area contributed by atoms with Crippen LogP contribution in [0.25, 0.3) is 11.4 Å². The summed E-state index contributed by atoms with van der Waals surface area (Å²) in [7, 11) is 0. The first-order valence-corrected chi connectivity index (χ1v) is 8.24. The largest absolute Gasteiger partial charge is 0.396 e. The molecule has 0 radical (unpaired) electrons. The summed E-state index contributed by atoms with van der Waals surface area (Å²) in [6, 6.07) is 10.0. The van der Waals surface area contributed by atoms with Crippen LogP contribution >= 0.6 is 0 Å². The van der Waals surface area contributed by atoms with E-state index in [0.717, 1.165) is 44.7 Å². The SMILES string of the molecule is CC(c1nc(-c2ccccc2)no1)N1CCN(CCCO)CC1. The van der Waals surface area contributed by atoms with Gasteiger partial charge in [0.05, 0.1) is 6.04 Å². The highest BCUT2D eigenvalue weighted by Gasteiger charge is 2.25. The number of piperazine rings is 1. The van der Waals surface area contributed by atoms with E-state index in [9.17, 15) is 0 Å². The van der Waals surface area contributed by atoms with Crippen molar-refractivity contribution in [2.45, 2.75) is 19.4 Å². The van der Waals surface area contributed by atoms with Crippen LogP contribution in [-0.4, -0.2) is 64.4 Å². The molecular formula is C17H24N4O2. The van der Waals surface area contributed by atoms with Gasteiger partial charge in [-0.05, 0) is 13.3 Å². The number of aliphatic hydroxyl groups excluding tert-OH is 1. The fourth-order valence-electron chi connectivity index (χ4n) is 2.93. The van der Waals surface area contributed by atoms with Crippen molar-refractivity contribution in [3.8, 4) is 11.4 Å². The molecule has 0 bridgehead atoms. The molecule has 0 saturated carbocycles. The summed E-state index contributed by atoms with van der Waals surface area (Å²) in [6.07, 6.45) is 0.847. The van der Waals surface area contributed by atoms with Crippen LogP contribution in [0.1, 0.15) is 25.3 Å². The minimum absolute atomic E-state index is 0.125. The van der Waals surface area contributed by atoms with Gasteiger partial charge in [-0.2, -0.15) is 4.98 Å². The summed E-state index contributed by atoms with van der Waals surface area (Å²) < 4.78 is 5.48. The molecule has 6 nitrogen and oxygen atoms in total. The van der Waals surface area contributed by atoms with Crippen molar-refractivity contribution in [1.29, 1.82) is 0 Å². The van der Waals surface area contributed by atoms with E-state index >= 15 is 0 Å². The van der Waals surface area contributed by atoms with E-state index in [1.54, 1.807) is 0 Å². The number of hydrogen-bond acceptors (Lipinski definition) is 6. The Balaban J connectivity index is 1.59. The normalized spacial score (nSPS) is 18.2. The minimum Gasteiger partial charge on any atom is -0.396 e. The van der Waals surface area contributed by atoms with Gasteiger partial charge in [-0.3, -0.25) is 4.90 Å². The predicted octanol–water partition coefficient (Wildman–Crippen LogP) is 1.80. The third-order valence-electron chi connectivity index (χ3n) is 4.42. The molecular weight excluding hydrogens is 292 g/mol. The van der Waals surface area contributed by atoms with Crippen molar-refractivity contribution in [1.82, 2.24) is 19.9 Å². The Labute approximate surface area is 136 Å². The second-order valence-corrected chi connectivity index (χ2v) is 5.95. The van der Waals surface area contributed by atoms with Gasteiger partial charge in [0, 0.05) is 44.9 Å². The quantitative estimate of drug-likeness (QED) is 0.876. The molecule has 0 spiro atoms. The molecule has 6 heteroatoms. The van der Waals surface area contributed by atoms with Gasteiger partial charge in [0.1, 0.15) is 0 Å². The molecule has 2 heterocycles. The maximum atomic E-state index is 8.92. The Kier molecular flexibility index (Phi) is 5.38. The van der Waals surface area contributed by atoms with E-state index in [-0.39, 0.29) is 12.6 Å². The number of rotatable bonds is 6. The fraction of sp³-hybridized carbons (Fsp3) is 0.529. The highest BCUT2D eigenvalue weighted by molar-refractivity contribution is 5.53.